The maximum absolute atomic E-state index is 12.3. The van der Waals surface area contributed by atoms with Gasteiger partial charge in [-0.2, -0.15) is 0 Å². The summed E-state index contributed by atoms with van der Waals surface area (Å²) in [7, 11) is 1.59. The number of ether oxygens (including phenoxy) is 2. The van der Waals surface area contributed by atoms with Crippen molar-refractivity contribution in [2.45, 2.75) is 18.9 Å². The maximum Gasteiger partial charge on any atom is 0.253 e. The van der Waals surface area contributed by atoms with E-state index < -0.39 is 0 Å². The predicted octanol–water partition coefficient (Wildman–Crippen LogP) is 3.71. The lowest BCUT2D eigenvalue weighted by molar-refractivity contribution is -0.124. The minimum atomic E-state index is -0.383. The van der Waals surface area contributed by atoms with Crippen LogP contribution in [-0.4, -0.2) is 25.7 Å². The molecule has 1 aromatic heterocycles. The highest BCUT2D eigenvalue weighted by Crippen LogP contribution is 2.36. The van der Waals surface area contributed by atoms with Crippen LogP contribution in [0.3, 0.4) is 0 Å². The van der Waals surface area contributed by atoms with Gasteiger partial charge in [0.15, 0.2) is 0 Å². The number of rotatable bonds is 3. The molecule has 0 aliphatic carbocycles. The fourth-order valence-electron chi connectivity index (χ4n) is 3.02. The first-order valence-electron chi connectivity index (χ1n) is 7.68. The van der Waals surface area contributed by atoms with E-state index in [1.54, 1.807) is 13.2 Å². The molecule has 1 aliphatic heterocycles. The van der Waals surface area contributed by atoms with E-state index in [1.807, 2.05) is 30.3 Å². The lowest BCUT2D eigenvalue weighted by Crippen LogP contribution is -2.27. The number of anilines is 1. The van der Waals surface area contributed by atoms with Crippen LogP contribution in [-0.2, 0) is 9.53 Å². The molecule has 1 N–H and O–H groups in total. The molecule has 0 bridgehead atoms. The third-order valence-corrected chi connectivity index (χ3v) is 4.18. The predicted molar refractivity (Wildman–Crippen MR) is 87.9 cm³/mol. The molecule has 118 valence electrons. The summed E-state index contributed by atoms with van der Waals surface area (Å²) >= 11 is 0. The van der Waals surface area contributed by atoms with E-state index in [1.165, 1.54) is 0 Å². The number of amides is 1. The van der Waals surface area contributed by atoms with Crippen molar-refractivity contribution in [1.29, 1.82) is 0 Å². The van der Waals surface area contributed by atoms with Gasteiger partial charge in [-0.25, -0.2) is 0 Å². The highest BCUT2D eigenvalue weighted by molar-refractivity contribution is 6.08. The van der Waals surface area contributed by atoms with Gasteiger partial charge < -0.3 is 19.2 Å². The molecule has 5 nitrogen and oxygen atoms in total. The summed E-state index contributed by atoms with van der Waals surface area (Å²) in [4.78, 5) is 12.3. The van der Waals surface area contributed by atoms with E-state index in [2.05, 4.69) is 5.32 Å². The monoisotopic (exact) mass is 311 g/mol. The van der Waals surface area contributed by atoms with Crippen molar-refractivity contribution in [3.8, 4) is 5.75 Å². The summed E-state index contributed by atoms with van der Waals surface area (Å²) < 4.78 is 16.7. The topological polar surface area (TPSA) is 60.7 Å². The Morgan fingerprint density at radius 1 is 1.22 bits per heavy atom. The molecule has 2 aromatic carbocycles. The van der Waals surface area contributed by atoms with Crippen molar-refractivity contribution in [2.75, 3.05) is 19.0 Å². The van der Waals surface area contributed by atoms with Crippen molar-refractivity contribution in [3.63, 3.8) is 0 Å². The Balaban J connectivity index is 1.76. The Morgan fingerprint density at radius 2 is 2.09 bits per heavy atom. The van der Waals surface area contributed by atoms with Crippen molar-refractivity contribution in [2.24, 2.45) is 0 Å². The smallest absolute Gasteiger partial charge is 0.253 e. The first-order chi connectivity index (χ1) is 11.3. The Kier molecular flexibility index (Phi) is 3.42. The summed E-state index contributed by atoms with van der Waals surface area (Å²) in [6.07, 6.45) is 1.28. The van der Waals surface area contributed by atoms with E-state index in [-0.39, 0.29) is 12.0 Å². The van der Waals surface area contributed by atoms with Crippen LogP contribution in [0.25, 0.3) is 21.9 Å². The van der Waals surface area contributed by atoms with Crippen LogP contribution in [0, 0.1) is 0 Å². The first-order valence-corrected chi connectivity index (χ1v) is 7.68. The molecule has 0 unspecified atom stereocenters. The normalized spacial score (nSPS) is 17.7. The lowest BCUT2D eigenvalue weighted by Gasteiger charge is -2.13. The number of furan rings is 1. The molecule has 23 heavy (non-hydrogen) atoms. The zero-order valence-electron chi connectivity index (χ0n) is 12.8. The number of methoxy groups -OCH3 is 1. The summed E-state index contributed by atoms with van der Waals surface area (Å²) in [5.74, 6) is 0.465. The number of carbonyl (C=O) groups is 1. The Morgan fingerprint density at radius 3 is 2.87 bits per heavy atom. The summed E-state index contributed by atoms with van der Waals surface area (Å²) in [6.45, 7) is 0.637. The largest absolute Gasteiger partial charge is 0.495 e. The van der Waals surface area contributed by atoms with Gasteiger partial charge in [-0.15, -0.1) is 0 Å². The molecule has 1 aliphatic rings. The second kappa shape index (κ2) is 5.59. The molecule has 5 heteroatoms. The molecule has 4 rings (SSSR count). The molecule has 1 fully saturated rings. The van der Waals surface area contributed by atoms with Gasteiger partial charge in [0.1, 0.15) is 23.0 Å². The Hall–Kier alpha value is -2.53. The highest BCUT2D eigenvalue weighted by atomic mass is 16.5. The minimum absolute atomic E-state index is 0.142. The van der Waals surface area contributed by atoms with Crippen molar-refractivity contribution < 1.29 is 18.7 Å². The molecule has 0 spiro atoms. The third kappa shape index (κ3) is 2.43. The zero-order valence-corrected chi connectivity index (χ0v) is 12.8. The third-order valence-electron chi connectivity index (χ3n) is 4.18. The number of benzene rings is 2. The second-order valence-electron chi connectivity index (χ2n) is 5.64. The first kappa shape index (κ1) is 14.1. The van der Waals surface area contributed by atoms with Gasteiger partial charge in [0, 0.05) is 23.4 Å². The van der Waals surface area contributed by atoms with Gasteiger partial charge in [0.25, 0.3) is 5.91 Å². The van der Waals surface area contributed by atoms with Crippen molar-refractivity contribution >= 4 is 33.5 Å². The minimum Gasteiger partial charge on any atom is -0.495 e. The maximum atomic E-state index is 12.3. The molecule has 0 radical (unpaired) electrons. The van der Waals surface area contributed by atoms with Crippen LogP contribution >= 0.6 is 0 Å². The van der Waals surface area contributed by atoms with Crippen LogP contribution < -0.4 is 10.1 Å². The van der Waals surface area contributed by atoms with Gasteiger partial charge >= 0.3 is 0 Å². The van der Waals surface area contributed by atoms with Gasteiger partial charge in [0.2, 0.25) is 0 Å². The summed E-state index contributed by atoms with van der Waals surface area (Å²) in [5, 5.41) is 4.88. The number of para-hydroxylation sites is 1. The molecule has 1 saturated heterocycles. The molecular formula is C18H17NO4. The fourth-order valence-corrected chi connectivity index (χ4v) is 3.02. The average Bonchev–Trinajstić information content (AvgIpc) is 3.21. The average molecular weight is 311 g/mol. The standard InChI is InChI=1S/C18H17NO4/c1-21-17-9-12-11-5-2-3-6-14(11)23-16(12)10-13(17)19-18(20)15-7-4-8-22-15/h2-3,5-6,9-10,15H,4,7-8H2,1H3,(H,19,20)/t15-/m1/s1. The lowest BCUT2D eigenvalue weighted by atomic mass is 10.1. The number of hydrogen-bond donors (Lipinski definition) is 1. The molecule has 1 amide bonds. The van der Waals surface area contributed by atoms with E-state index in [0.29, 0.717) is 18.0 Å². The summed E-state index contributed by atoms with van der Waals surface area (Å²) in [6, 6.07) is 11.5. The molecule has 2 heterocycles. The van der Waals surface area contributed by atoms with Gasteiger partial charge in [0.05, 0.1) is 12.8 Å². The zero-order chi connectivity index (χ0) is 15.8. The number of nitrogens with one attached hydrogen (secondary N) is 1. The fraction of sp³-hybridized carbons (Fsp3) is 0.278. The number of hydrogen-bond acceptors (Lipinski definition) is 4. The molecule has 3 aromatic rings. The van der Waals surface area contributed by atoms with Crippen LogP contribution in [0.15, 0.2) is 40.8 Å². The van der Waals surface area contributed by atoms with Gasteiger partial charge in [-0.3, -0.25) is 4.79 Å². The van der Waals surface area contributed by atoms with Crippen molar-refractivity contribution in [1.82, 2.24) is 0 Å². The van der Waals surface area contributed by atoms with Crippen LogP contribution in [0.4, 0.5) is 5.69 Å². The van der Waals surface area contributed by atoms with Gasteiger partial charge in [-0.05, 0) is 25.0 Å². The van der Waals surface area contributed by atoms with E-state index in [0.717, 1.165) is 34.8 Å². The highest BCUT2D eigenvalue weighted by Gasteiger charge is 2.24. The SMILES string of the molecule is COc1cc2c(cc1NC(=O)[C@H]1CCCO1)oc1ccccc12. The van der Waals surface area contributed by atoms with E-state index in [9.17, 15) is 4.79 Å². The van der Waals surface area contributed by atoms with Crippen LogP contribution in [0.2, 0.25) is 0 Å². The number of carbonyl (C=O) groups excluding carboxylic acids is 1. The molecule has 1 atom stereocenters. The van der Waals surface area contributed by atoms with Crippen LogP contribution in [0.5, 0.6) is 5.75 Å². The quantitative estimate of drug-likeness (QED) is 0.801. The molecule has 0 saturated carbocycles. The number of fused-ring (bicyclic) bond motifs is 3. The van der Waals surface area contributed by atoms with Crippen LogP contribution in [0.1, 0.15) is 12.8 Å². The Labute approximate surface area is 133 Å². The van der Waals surface area contributed by atoms with E-state index in [4.69, 9.17) is 13.9 Å². The van der Waals surface area contributed by atoms with Crippen molar-refractivity contribution in [3.05, 3.63) is 36.4 Å². The second-order valence-corrected chi connectivity index (χ2v) is 5.64. The van der Waals surface area contributed by atoms with Gasteiger partial charge in [-0.1, -0.05) is 18.2 Å². The molecular weight excluding hydrogens is 294 g/mol. The summed E-state index contributed by atoms with van der Waals surface area (Å²) in [5.41, 5.74) is 2.13. The van der Waals surface area contributed by atoms with E-state index >= 15 is 0 Å². The Bertz CT molecular complexity index is 877.